The van der Waals surface area contributed by atoms with Gasteiger partial charge in [-0.25, -0.2) is 0 Å². The lowest BCUT2D eigenvalue weighted by Crippen LogP contribution is -2.24. The minimum Gasteiger partial charge on any atom is -0.494 e. The van der Waals surface area contributed by atoms with Crippen LogP contribution in [0, 0.1) is 0 Å². The molecule has 0 spiro atoms. The maximum absolute atomic E-state index is 5.79. The normalized spacial score (nSPS) is 17.3. The molecule has 1 N–H and O–H groups in total. The second-order valence-corrected chi connectivity index (χ2v) is 6.65. The molecule has 0 saturated heterocycles. The third kappa shape index (κ3) is 4.42. The van der Waals surface area contributed by atoms with Crippen molar-refractivity contribution in [1.29, 1.82) is 0 Å². The molecule has 1 atom stereocenters. The van der Waals surface area contributed by atoms with Crippen LogP contribution in [0.15, 0.2) is 24.3 Å². The van der Waals surface area contributed by atoms with Crippen LogP contribution in [0.25, 0.3) is 0 Å². The Labute approximate surface area is 127 Å². The molecule has 0 heterocycles. The molecular weight excluding hydrogens is 266 g/mol. The van der Waals surface area contributed by atoms with Gasteiger partial charge in [-0.15, -0.1) is 0 Å². The third-order valence-electron chi connectivity index (χ3n) is 3.85. The van der Waals surface area contributed by atoms with Gasteiger partial charge in [0.1, 0.15) is 5.75 Å². The molecule has 2 nitrogen and oxygen atoms in total. The number of ether oxygens (including phenoxy) is 1. The number of nitrogens with one attached hydrogen (secondary N) is 1. The average molecular weight is 293 g/mol. The maximum Gasteiger partial charge on any atom is 0.124 e. The number of hydrogen-bond donors (Lipinski definition) is 1. The van der Waals surface area contributed by atoms with Crippen LogP contribution in [0.5, 0.6) is 5.75 Å². The summed E-state index contributed by atoms with van der Waals surface area (Å²) in [5, 5.41) is 4.49. The van der Waals surface area contributed by atoms with Crippen molar-refractivity contribution in [2.75, 3.05) is 18.9 Å². The topological polar surface area (TPSA) is 21.3 Å². The van der Waals surface area contributed by atoms with Crippen molar-refractivity contribution in [2.24, 2.45) is 0 Å². The van der Waals surface area contributed by atoms with Crippen molar-refractivity contribution in [3.05, 3.63) is 29.8 Å². The minimum atomic E-state index is 0.397. The fraction of sp³-hybridized carbons (Fsp3) is 0.647. The van der Waals surface area contributed by atoms with E-state index >= 15 is 0 Å². The highest BCUT2D eigenvalue weighted by atomic mass is 32.2. The number of rotatable bonds is 8. The van der Waals surface area contributed by atoms with E-state index in [1.54, 1.807) is 0 Å². The van der Waals surface area contributed by atoms with E-state index in [2.05, 4.69) is 48.3 Å². The van der Waals surface area contributed by atoms with Crippen LogP contribution in [0.4, 0.5) is 0 Å². The minimum absolute atomic E-state index is 0.397. The van der Waals surface area contributed by atoms with Gasteiger partial charge in [-0.1, -0.05) is 38.0 Å². The third-order valence-corrected chi connectivity index (χ3v) is 5.31. The molecule has 1 aromatic carbocycles. The summed E-state index contributed by atoms with van der Waals surface area (Å²) in [6.07, 6.45) is 5.63. The highest BCUT2D eigenvalue weighted by molar-refractivity contribution is 7.99. The highest BCUT2D eigenvalue weighted by Gasteiger charge is 2.20. The first kappa shape index (κ1) is 15.7. The summed E-state index contributed by atoms with van der Waals surface area (Å²) in [6.45, 7) is 5.95. The van der Waals surface area contributed by atoms with Crippen molar-refractivity contribution in [2.45, 2.75) is 50.8 Å². The van der Waals surface area contributed by atoms with E-state index in [9.17, 15) is 0 Å². The largest absolute Gasteiger partial charge is 0.494 e. The summed E-state index contributed by atoms with van der Waals surface area (Å²) in [6, 6.07) is 8.86. The molecule has 1 aliphatic rings. The van der Waals surface area contributed by atoms with Crippen LogP contribution in [-0.2, 0) is 0 Å². The lowest BCUT2D eigenvalue weighted by molar-refractivity contribution is 0.333. The quantitative estimate of drug-likeness (QED) is 0.767. The Bertz CT molecular complexity index is 390. The number of para-hydroxylation sites is 1. The average Bonchev–Trinajstić information content (AvgIpc) is 2.98. The molecule has 2 rings (SSSR count). The van der Waals surface area contributed by atoms with Gasteiger partial charge in [-0.05, 0) is 32.4 Å². The van der Waals surface area contributed by atoms with E-state index in [-0.39, 0.29) is 0 Å². The predicted molar refractivity (Wildman–Crippen MR) is 88.7 cm³/mol. The number of thioether (sulfide) groups is 1. The van der Waals surface area contributed by atoms with E-state index < -0.39 is 0 Å². The molecule has 1 fully saturated rings. The Hall–Kier alpha value is -0.670. The highest BCUT2D eigenvalue weighted by Crippen LogP contribution is 2.34. The standard InChI is InChI=1S/C17H27NOS/c1-3-18-16(13-20-14-9-5-6-10-14)15-11-7-8-12-17(15)19-4-2/h7-8,11-12,14,16,18H,3-6,9-10,13H2,1-2H3. The van der Waals surface area contributed by atoms with Crippen molar-refractivity contribution < 1.29 is 4.74 Å². The first-order valence-corrected chi connectivity index (χ1v) is 8.96. The van der Waals surface area contributed by atoms with Crippen molar-refractivity contribution >= 4 is 11.8 Å². The van der Waals surface area contributed by atoms with Crippen molar-refractivity contribution in [1.82, 2.24) is 5.32 Å². The Morgan fingerprint density at radius 3 is 2.70 bits per heavy atom. The van der Waals surface area contributed by atoms with Crippen LogP contribution < -0.4 is 10.1 Å². The van der Waals surface area contributed by atoms with Crippen LogP contribution in [-0.4, -0.2) is 24.2 Å². The van der Waals surface area contributed by atoms with Gasteiger partial charge in [0.25, 0.3) is 0 Å². The van der Waals surface area contributed by atoms with Crippen LogP contribution in [0.3, 0.4) is 0 Å². The van der Waals surface area contributed by atoms with Crippen LogP contribution >= 0.6 is 11.8 Å². The van der Waals surface area contributed by atoms with Gasteiger partial charge < -0.3 is 10.1 Å². The predicted octanol–water partition coefficient (Wildman–Crippen LogP) is 4.41. The molecule has 112 valence electrons. The summed E-state index contributed by atoms with van der Waals surface area (Å²) in [5.41, 5.74) is 1.31. The van der Waals surface area contributed by atoms with Gasteiger partial charge in [0.15, 0.2) is 0 Å². The second kappa shape index (κ2) is 8.58. The van der Waals surface area contributed by atoms with Crippen LogP contribution in [0.2, 0.25) is 0 Å². The molecule has 1 aromatic rings. The molecule has 3 heteroatoms. The Balaban J connectivity index is 2.02. The summed E-state index contributed by atoms with van der Waals surface area (Å²) in [4.78, 5) is 0. The summed E-state index contributed by atoms with van der Waals surface area (Å²) in [5.74, 6) is 2.18. The van der Waals surface area contributed by atoms with Gasteiger partial charge in [-0.2, -0.15) is 11.8 Å². The fourth-order valence-corrected chi connectivity index (χ4v) is 4.28. The zero-order chi connectivity index (χ0) is 14.2. The van der Waals surface area contributed by atoms with Crippen LogP contribution in [0.1, 0.15) is 51.1 Å². The Kier molecular flexibility index (Phi) is 6.74. The van der Waals surface area contributed by atoms with Gasteiger partial charge in [-0.3, -0.25) is 0 Å². The number of benzene rings is 1. The smallest absolute Gasteiger partial charge is 0.124 e. The molecule has 0 bridgehead atoms. The SMILES string of the molecule is CCNC(CSC1CCCC1)c1ccccc1OCC. The summed E-state index contributed by atoms with van der Waals surface area (Å²) >= 11 is 2.14. The zero-order valence-corrected chi connectivity index (χ0v) is 13.5. The molecule has 1 aliphatic carbocycles. The van der Waals surface area contributed by atoms with Gasteiger partial charge in [0, 0.05) is 22.6 Å². The molecule has 1 unspecified atom stereocenters. The van der Waals surface area contributed by atoms with Gasteiger partial charge in [0.05, 0.1) is 6.61 Å². The molecule has 20 heavy (non-hydrogen) atoms. The molecular formula is C17H27NOS. The lowest BCUT2D eigenvalue weighted by atomic mass is 10.1. The van der Waals surface area contributed by atoms with Crippen molar-refractivity contribution in [3.63, 3.8) is 0 Å². The molecule has 0 amide bonds. The van der Waals surface area contributed by atoms with E-state index in [1.165, 1.54) is 31.2 Å². The van der Waals surface area contributed by atoms with E-state index in [4.69, 9.17) is 4.74 Å². The zero-order valence-electron chi connectivity index (χ0n) is 12.7. The maximum atomic E-state index is 5.79. The second-order valence-electron chi connectivity index (χ2n) is 5.32. The van der Waals surface area contributed by atoms with E-state index in [0.29, 0.717) is 6.04 Å². The van der Waals surface area contributed by atoms with Gasteiger partial charge >= 0.3 is 0 Å². The van der Waals surface area contributed by atoms with E-state index in [0.717, 1.165) is 29.9 Å². The fourth-order valence-electron chi connectivity index (χ4n) is 2.85. The van der Waals surface area contributed by atoms with Gasteiger partial charge in [0.2, 0.25) is 0 Å². The van der Waals surface area contributed by atoms with Crippen molar-refractivity contribution in [3.8, 4) is 5.75 Å². The lowest BCUT2D eigenvalue weighted by Gasteiger charge is -2.22. The Morgan fingerprint density at radius 1 is 1.25 bits per heavy atom. The molecule has 0 aliphatic heterocycles. The molecule has 0 radical (unpaired) electrons. The molecule has 0 aromatic heterocycles. The first-order valence-electron chi connectivity index (χ1n) is 7.91. The summed E-state index contributed by atoms with van der Waals surface area (Å²) < 4.78 is 5.79. The monoisotopic (exact) mass is 293 g/mol. The van der Waals surface area contributed by atoms with E-state index in [1.807, 2.05) is 6.92 Å². The molecule has 1 saturated carbocycles. The summed E-state index contributed by atoms with van der Waals surface area (Å²) in [7, 11) is 0. The first-order chi connectivity index (χ1) is 9.85. The number of hydrogen-bond acceptors (Lipinski definition) is 3. The Morgan fingerprint density at radius 2 is 2.00 bits per heavy atom.